The Balaban J connectivity index is 1.76. The number of hydrogen-bond donors (Lipinski definition) is 0. The molecular formula is C15H19F2N5O2. The van der Waals surface area contributed by atoms with Crippen molar-refractivity contribution in [1.29, 1.82) is 0 Å². The Bertz CT molecular complexity index is 713. The monoisotopic (exact) mass is 339 g/mol. The first-order chi connectivity index (χ1) is 11.6. The molecule has 0 bridgehead atoms. The molecule has 7 nitrogen and oxygen atoms in total. The van der Waals surface area contributed by atoms with Crippen LogP contribution in [-0.2, 0) is 22.5 Å². The van der Waals surface area contributed by atoms with E-state index in [0.717, 1.165) is 11.5 Å². The molecule has 0 unspecified atom stereocenters. The lowest BCUT2D eigenvalue weighted by atomic mass is 10.2. The largest absolute Gasteiger partial charge is 0.372 e. The summed E-state index contributed by atoms with van der Waals surface area (Å²) in [4.78, 5) is 18.2. The Hall–Kier alpha value is -2.29. The zero-order valence-electron chi connectivity index (χ0n) is 13.4. The number of imidazole rings is 1. The summed E-state index contributed by atoms with van der Waals surface area (Å²) in [6.07, 6.45) is 4.98. The van der Waals surface area contributed by atoms with E-state index in [9.17, 15) is 13.6 Å². The Kier molecular flexibility index (Phi) is 4.89. The maximum absolute atomic E-state index is 12.7. The van der Waals surface area contributed by atoms with Gasteiger partial charge in [0.25, 0.3) is 0 Å². The topological polar surface area (TPSA) is 65.2 Å². The number of amides is 1. The van der Waals surface area contributed by atoms with E-state index >= 15 is 0 Å². The number of nitrogens with zero attached hydrogens (tertiary/aromatic N) is 5. The predicted molar refractivity (Wildman–Crippen MR) is 81.5 cm³/mol. The molecule has 1 amide bonds. The number of carbonyl (C=O) groups is 1. The van der Waals surface area contributed by atoms with Crippen LogP contribution in [0.1, 0.15) is 19.3 Å². The van der Waals surface area contributed by atoms with Gasteiger partial charge in [0, 0.05) is 44.4 Å². The summed E-state index contributed by atoms with van der Waals surface area (Å²) in [5, 5.41) is 3.67. The van der Waals surface area contributed by atoms with Gasteiger partial charge >= 0.3 is 6.55 Å². The standard InChI is InChI=1S/C15H19F2N5O2/c1-2-24-10-14(23)20-4-3-13-18-8-12(21(13)6-5-20)11-7-19-22(9-11)15(16)17/h7-9,15H,2-6,10H2,1H3. The first-order valence-electron chi connectivity index (χ1n) is 7.82. The van der Waals surface area contributed by atoms with Crippen molar-refractivity contribution in [1.82, 2.24) is 24.2 Å². The fourth-order valence-electron chi connectivity index (χ4n) is 2.77. The minimum atomic E-state index is -2.67. The molecule has 0 saturated heterocycles. The molecule has 3 rings (SSSR count). The molecule has 130 valence electrons. The van der Waals surface area contributed by atoms with E-state index in [1.807, 2.05) is 11.5 Å². The Morgan fingerprint density at radius 1 is 1.33 bits per heavy atom. The minimum absolute atomic E-state index is 0.0466. The second kappa shape index (κ2) is 7.08. The lowest BCUT2D eigenvalue weighted by molar-refractivity contribution is -0.135. The van der Waals surface area contributed by atoms with Gasteiger partial charge < -0.3 is 14.2 Å². The van der Waals surface area contributed by atoms with Gasteiger partial charge in [0.15, 0.2) is 0 Å². The third-order valence-electron chi connectivity index (χ3n) is 4.02. The smallest absolute Gasteiger partial charge is 0.333 e. The van der Waals surface area contributed by atoms with E-state index in [1.165, 1.54) is 12.4 Å². The van der Waals surface area contributed by atoms with Gasteiger partial charge in [0.2, 0.25) is 5.91 Å². The van der Waals surface area contributed by atoms with Crippen LogP contribution < -0.4 is 0 Å². The summed E-state index contributed by atoms with van der Waals surface area (Å²) >= 11 is 0. The molecule has 2 aromatic heterocycles. The highest BCUT2D eigenvalue weighted by molar-refractivity contribution is 5.77. The highest BCUT2D eigenvalue weighted by Gasteiger charge is 2.22. The van der Waals surface area contributed by atoms with Crippen LogP contribution in [0.15, 0.2) is 18.6 Å². The van der Waals surface area contributed by atoms with Crippen molar-refractivity contribution < 1.29 is 18.3 Å². The molecule has 0 spiro atoms. The third-order valence-corrected chi connectivity index (χ3v) is 4.02. The van der Waals surface area contributed by atoms with Gasteiger partial charge in [-0.1, -0.05) is 0 Å². The Morgan fingerprint density at radius 2 is 2.17 bits per heavy atom. The van der Waals surface area contributed by atoms with Crippen molar-refractivity contribution in [2.24, 2.45) is 0 Å². The number of fused-ring (bicyclic) bond motifs is 1. The molecule has 0 atom stereocenters. The number of aromatic nitrogens is 4. The maximum atomic E-state index is 12.7. The molecular weight excluding hydrogens is 320 g/mol. The number of rotatable bonds is 5. The average molecular weight is 339 g/mol. The average Bonchev–Trinajstić information content (AvgIpc) is 3.15. The number of ether oxygens (including phenoxy) is 1. The molecule has 1 aliphatic rings. The molecule has 0 radical (unpaired) electrons. The SMILES string of the molecule is CCOCC(=O)N1CCc2ncc(-c3cnn(C(F)F)c3)n2CC1. The number of alkyl halides is 2. The number of hydrogen-bond acceptors (Lipinski definition) is 4. The van der Waals surface area contributed by atoms with Gasteiger partial charge in [-0.2, -0.15) is 13.9 Å². The highest BCUT2D eigenvalue weighted by Crippen LogP contribution is 2.24. The summed E-state index contributed by atoms with van der Waals surface area (Å²) in [5.74, 6) is 0.788. The molecule has 0 N–H and O–H groups in total. The zero-order valence-corrected chi connectivity index (χ0v) is 13.4. The van der Waals surface area contributed by atoms with Crippen molar-refractivity contribution in [2.75, 3.05) is 26.3 Å². The van der Waals surface area contributed by atoms with Crippen molar-refractivity contribution >= 4 is 5.91 Å². The van der Waals surface area contributed by atoms with Crippen LogP contribution in [0.3, 0.4) is 0 Å². The molecule has 1 aliphatic heterocycles. The minimum Gasteiger partial charge on any atom is -0.372 e. The Morgan fingerprint density at radius 3 is 2.88 bits per heavy atom. The van der Waals surface area contributed by atoms with Crippen molar-refractivity contribution in [3.05, 3.63) is 24.4 Å². The van der Waals surface area contributed by atoms with Gasteiger partial charge in [-0.3, -0.25) is 4.79 Å². The number of carbonyl (C=O) groups excluding carboxylic acids is 1. The zero-order chi connectivity index (χ0) is 17.1. The van der Waals surface area contributed by atoms with Crippen LogP contribution in [0.4, 0.5) is 8.78 Å². The fourth-order valence-corrected chi connectivity index (χ4v) is 2.77. The van der Waals surface area contributed by atoms with Crippen molar-refractivity contribution in [3.8, 4) is 11.3 Å². The van der Waals surface area contributed by atoms with E-state index in [4.69, 9.17) is 4.74 Å². The van der Waals surface area contributed by atoms with Crippen LogP contribution >= 0.6 is 0 Å². The van der Waals surface area contributed by atoms with Crippen molar-refractivity contribution in [3.63, 3.8) is 0 Å². The molecule has 24 heavy (non-hydrogen) atoms. The Labute approximate surface area is 137 Å². The summed E-state index contributed by atoms with van der Waals surface area (Å²) in [6.45, 7) is 1.41. The second-order valence-corrected chi connectivity index (χ2v) is 5.47. The van der Waals surface area contributed by atoms with Crippen LogP contribution in [0.25, 0.3) is 11.3 Å². The van der Waals surface area contributed by atoms with E-state index in [0.29, 0.717) is 42.9 Å². The van der Waals surface area contributed by atoms with Gasteiger partial charge in [-0.25, -0.2) is 9.67 Å². The quantitative estimate of drug-likeness (QED) is 0.829. The molecule has 3 heterocycles. The van der Waals surface area contributed by atoms with E-state index < -0.39 is 6.55 Å². The molecule has 0 fully saturated rings. The van der Waals surface area contributed by atoms with Crippen LogP contribution in [0.2, 0.25) is 0 Å². The number of halogens is 2. The van der Waals surface area contributed by atoms with Crippen LogP contribution in [-0.4, -0.2) is 56.4 Å². The summed E-state index contributed by atoms with van der Waals surface area (Å²) in [7, 11) is 0. The van der Waals surface area contributed by atoms with Gasteiger partial charge in [0.1, 0.15) is 12.4 Å². The summed E-state index contributed by atoms with van der Waals surface area (Å²) in [6, 6.07) is 0. The maximum Gasteiger partial charge on any atom is 0.333 e. The van der Waals surface area contributed by atoms with E-state index in [-0.39, 0.29) is 12.5 Å². The van der Waals surface area contributed by atoms with E-state index in [2.05, 4.69) is 10.1 Å². The molecule has 0 saturated carbocycles. The fraction of sp³-hybridized carbons (Fsp3) is 0.533. The van der Waals surface area contributed by atoms with Crippen molar-refractivity contribution in [2.45, 2.75) is 26.4 Å². The highest BCUT2D eigenvalue weighted by atomic mass is 19.3. The first-order valence-corrected chi connectivity index (χ1v) is 7.82. The molecule has 2 aromatic rings. The van der Waals surface area contributed by atoms with Crippen LogP contribution in [0, 0.1) is 0 Å². The lowest BCUT2D eigenvalue weighted by Crippen LogP contribution is -2.36. The molecule has 9 heteroatoms. The molecule has 0 aromatic carbocycles. The predicted octanol–water partition coefficient (Wildman–Crippen LogP) is 1.56. The third kappa shape index (κ3) is 3.30. The second-order valence-electron chi connectivity index (χ2n) is 5.47. The normalized spacial score (nSPS) is 14.8. The first kappa shape index (κ1) is 16.6. The van der Waals surface area contributed by atoms with Gasteiger partial charge in [-0.05, 0) is 6.92 Å². The van der Waals surface area contributed by atoms with Crippen LogP contribution in [0.5, 0.6) is 0 Å². The van der Waals surface area contributed by atoms with E-state index in [1.54, 1.807) is 11.1 Å². The van der Waals surface area contributed by atoms with Gasteiger partial charge in [0.05, 0.1) is 18.1 Å². The molecule has 0 aliphatic carbocycles. The summed E-state index contributed by atoms with van der Waals surface area (Å²) < 4.78 is 33.1. The van der Waals surface area contributed by atoms with Gasteiger partial charge in [-0.15, -0.1) is 0 Å². The lowest BCUT2D eigenvalue weighted by Gasteiger charge is -2.19. The summed E-state index contributed by atoms with van der Waals surface area (Å²) in [5.41, 5.74) is 1.32.